The number of rotatable bonds is 6. The second-order valence-electron chi connectivity index (χ2n) is 5.34. The molecular weight excluding hydrogens is 338 g/mol. The summed E-state index contributed by atoms with van der Waals surface area (Å²) in [6, 6.07) is 15.3. The van der Waals surface area contributed by atoms with E-state index in [1.54, 1.807) is 11.4 Å². The van der Waals surface area contributed by atoms with E-state index in [1.807, 2.05) is 42.5 Å². The minimum Gasteiger partial charge on any atom is -0.465 e. The van der Waals surface area contributed by atoms with E-state index < -0.39 is 5.97 Å². The van der Waals surface area contributed by atoms with Crippen molar-refractivity contribution in [1.29, 1.82) is 0 Å². The van der Waals surface area contributed by atoms with Gasteiger partial charge in [0.15, 0.2) is 0 Å². The van der Waals surface area contributed by atoms with Crippen LogP contribution in [0.2, 0.25) is 0 Å². The van der Waals surface area contributed by atoms with Gasteiger partial charge in [-0.15, -0.1) is 11.3 Å². The molecule has 0 radical (unpaired) electrons. The van der Waals surface area contributed by atoms with Crippen molar-refractivity contribution in [1.82, 2.24) is 0 Å². The van der Waals surface area contributed by atoms with Crippen LogP contribution in [0.15, 0.2) is 58.3 Å². The first-order chi connectivity index (χ1) is 12.2. The molecule has 0 saturated carbocycles. The second kappa shape index (κ2) is 7.81. The number of esters is 1. The van der Waals surface area contributed by atoms with Gasteiger partial charge in [-0.05, 0) is 23.6 Å². The lowest BCUT2D eigenvalue weighted by atomic mass is 10.2. The van der Waals surface area contributed by atoms with E-state index in [-0.39, 0.29) is 12.3 Å². The number of hydrogen-bond acceptors (Lipinski definition) is 5. The minimum atomic E-state index is -0.455. The molecule has 1 N–H and O–H groups in total. The van der Waals surface area contributed by atoms with Gasteiger partial charge >= 0.3 is 5.97 Å². The molecule has 0 aliphatic rings. The van der Waals surface area contributed by atoms with Crippen LogP contribution in [0.1, 0.15) is 21.9 Å². The van der Waals surface area contributed by atoms with E-state index in [9.17, 15) is 9.59 Å². The average molecular weight is 355 g/mol. The Morgan fingerprint density at radius 2 is 1.92 bits per heavy atom. The van der Waals surface area contributed by atoms with Crippen molar-refractivity contribution in [2.24, 2.45) is 0 Å². The fourth-order valence-corrected chi connectivity index (χ4v) is 3.14. The Bertz CT molecular complexity index is 866. The van der Waals surface area contributed by atoms with Crippen LogP contribution in [0, 0.1) is 0 Å². The average Bonchev–Trinajstić information content (AvgIpc) is 3.29. The van der Waals surface area contributed by atoms with Crippen LogP contribution in [0.4, 0.5) is 5.69 Å². The SMILES string of the molecule is COC(=O)c1sccc1NC(=O)CCc1ccc(-c2ccccc2)o1. The molecule has 6 heteroatoms. The Morgan fingerprint density at radius 3 is 2.68 bits per heavy atom. The molecule has 2 heterocycles. The van der Waals surface area contributed by atoms with Gasteiger partial charge in [-0.2, -0.15) is 0 Å². The molecule has 1 aromatic carbocycles. The third-order valence-electron chi connectivity index (χ3n) is 3.63. The number of aryl methyl sites for hydroxylation is 1. The quantitative estimate of drug-likeness (QED) is 0.667. The van der Waals surface area contributed by atoms with Crippen molar-refractivity contribution >= 4 is 28.9 Å². The molecule has 0 spiro atoms. The van der Waals surface area contributed by atoms with Gasteiger partial charge in [-0.3, -0.25) is 4.79 Å². The number of methoxy groups -OCH3 is 1. The molecule has 0 aliphatic heterocycles. The largest absolute Gasteiger partial charge is 0.465 e. The highest BCUT2D eigenvalue weighted by Crippen LogP contribution is 2.24. The summed E-state index contributed by atoms with van der Waals surface area (Å²) in [6.07, 6.45) is 0.745. The van der Waals surface area contributed by atoms with Gasteiger partial charge in [0.25, 0.3) is 0 Å². The Kier molecular flexibility index (Phi) is 5.30. The number of ether oxygens (including phenoxy) is 1. The topological polar surface area (TPSA) is 68.5 Å². The molecule has 1 amide bonds. The van der Waals surface area contributed by atoms with Crippen LogP contribution in [0.25, 0.3) is 11.3 Å². The Hall–Kier alpha value is -2.86. The third-order valence-corrected chi connectivity index (χ3v) is 4.52. The minimum absolute atomic E-state index is 0.179. The number of carbonyl (C=O) groups excluding carboxylic acids is 2. The monoisotopic (exact) mass is 355 g/mol. The maximum atomic E-state index is 12.1. The predicted octanol–water partition coefficient (Wildman–Crippen LogP) is 4.37. The van der Waals surface area contributed by atoms with Gasteiger partial charge in [0, 0.05) is 18.4 Å². The van der Waals surface area contributed by atoms with Crippen LogP contribution in [-0.4, -0.2) is 19.0 Å². The zero-order valence-corrected chi connectivity index (χ0v) is 14.5. The third kappa shape index (κ3) is 4.16. The fraction of sp³-hybridized carbons (Fsp3) is 0.158. The van der Waals surface area contributed by atoms with Gasteiger partial charge in [-0.25, -0.2) is 4.79 Å². The van der Waals surface area contributed by atoms with E-state index in [0.29, 0.717) is 17.0 Å². The maximum Gasteiger partial charge on any atom is 0.350 e. The van der Waals surface area contributed by atoms with E-state index in [1.165, 1.54) is 18.4 Å². The number of thiophene rings is 1. The van der Waals surface area contributed by atoms with Gasteiger partial charge in [0.2, 0.25) is 5.91 Å². The zero-order valence-electron chi connectivity index (χ0n) is 13.7. The summed E-state index contributed by atoms with van der Waals surface area (Å²) in [5.41, 5.74) is 1.48. The summed E-state index contributed by atoms with van der Waals surface area (Å²) >= 11 is 1.23. The van der Waals surface area contributed by atoms with Crippen LogP contribution in [-0.2, 0) is 16.0 Å². The van der Waals surface area contributed by atoms with Crippen molar-refractivity contribution in [2.75, 3.05) is 12.4 Å². The van der Waals surface area contributed by atoms with Crippen molar-refractivity contribution in [3.8, 4) is 11.3 Å². The molecule has 2 aromatic heterocycles. The number of anilines is 1. The number of carbonyl (C=O) groups is 2. The van der Waals surface area contributed by atoms with E-state index in [2.05, 4.69) is 5.32 Å². The van der Waals surface area contributed by atoms with Crippen molar-refractivity contribution in [2.45, 2.75) is 12.8 Å². The van der Waals surface area contributed by atoms with Gasteiger partial charge in [-0.1, -0.05) is 30.3 Å². The normalized spacial score (nSPS) is 10.4. The highest BCUT2D eigenvalue weighted by atomic mass is 32.1. The molecule has 128 valence electrons. The molecular formula is C19H17NO4S. The van der Waals surface area contributed by atoms with Crippen LogP contribution < -0.4 is 5.32 Å². The van der Waals surface area contributed by atoms with Gasteiger partial charge < -0.3 is 14.5 Å². The number of furan rings is 1. The summed E-state index contributed by atoms with van der Waals surface area (Å²) < 4.78 is 10.5. The Labute approximate surface area is 149 Å². The summed E-state index contributed by atoms with van der Waals surface area (Å²) in [5, 5.41) is 4.48. The van der Waals surface area contributed by atoms with Crippen LogP contribution in [0.3, 0.4) is 0 Å². The van der Waals surface area contributed by atoms with Crippen molar-refractivity contribution < 1.29 is 18.7 Å². The maximum absolute atomic E-state index is 12.1. The molecule has 0 atom stereocenters. The number of nitrogens with one attached hydrogen (secondary N) is 1. The summed E-state index contributed by atoms with van der Waals surface area (Å²) in [4.78, 5) is 24.1. The van der Waals surface area contributed by atoms with Gasteiger partial charge in [0.1, 0.15) is 16.4 Å². The standard InChI is InChI=1S/C19H17NO4S/c1-23-19(22)18-15(11-12-25-18)20-17(21)10-8-14-7-9-16(24-14)13-5-3-2-4-6-13/h2-7,9,11-12H,8,10H2,1H3,(H,20,21). The lowest BCUT2D eigenvalue weighted by Crippen LogP contribution is -2.14. The Morgan fingerprint density at radius 1 is 1.12 bits per heavy atom. The fourth-order valence-electron chi connectivity index (χ4n) is 2.38. The molecule has 3 aromatic rings. The summed E-state index contributed by atoms with van der Waals surface area (Å²) in [5.74, 6) is 0.888. The highest BCUT2D eigenvalue weighted by Gasteiger charge is 2.15. The highest BCUT2D eigenvalue weighted by molar-refractivity contribution is 7.12. The first-order valence-corrected chi connectivity index (χ1v) is 8.65. The lowest BCUT2D eigenvalue weighted by molar-refractivity contribution is -0.116. The molecule has 0 unspecified atom stereocenters. The molecule has 25 heavy (non-hydrogen) atoms. The van der Waals surface area contributed by atoms with E-state index in [0.717, 1.165) is 17.1 Å². The summed E-state index contributed by atoms with van der Waals surface area (Å²) in [6.45, 7) is 0. The van der Waals surface area contributed by atoms with Crippen molar-refractivity contribution in [3.05, 3.63) is 64.5 Å². The first kappa shape index (κ1) is 17.0. The van der Waals surface area contributed by atoms with Crippen LogP contribution in [0.5, 0.6) is 0 Å². The molecule has 5 nitrogen and oxygen atoms in total. The van der Waals surface area contributed by atoms with Crippen LogP contribution >= 0.6 is 11.3 Å². The smallest absolute Gasteiger partial charge is 0.350 e. The van der Waals surface area contributed by atoms with E-state index in [4.69, 9.17) is 9.15 Å². The first-order valence-electron chi connectivity index (χ1n) is 7.77. The molecule has 0 bridgehead atoms. The molecule has 0 fully saturated rings. The predicted molar refractivity (Wildman–Crippen MR) is 96.8 cm³/mol. The van der Waals surface area contributed by atoms with Gasteiger partial charge in [0.05, 0.1) is 12.8 Å². The second-order valence-corrected chi connectivity index (χ2v) is 6.25. The molecule has 0 aliphatic carbocycles. The number of hydrogen-bond donors (Lipinski definition) is 1. The summed E-state index contributed by atoms with van der Waals surface area (Å²) in [7, 11) is 1.31. The van der Waals surface area contributed by atoms with Crippen molar-refractivity contribution in [3.63, 3.8) is 0 Å². The zero-order chi connectivity index (χ0) is 17.6. The number of amides is 1. The van der Waals surface area contributed by atoms with E-state index >= 15 is 0 Å². The lowest BCUT2D eigenvalue weighted by Gasteiger charge is -2.05. The molecule has 3 rings (SSSR count). The molecule has 0 saturated heterocycles. The Balaban J connectivity index is 1.57. The number of benzene rings is 1.